The molecule has 2 N–H and O–H groups in total. The summed E-state index contributed by atoms with van der Waals surface area (Å²) < 4.78 is 28.5. The second-order valence-electron chi connectivity index (χ2n) is 9.77. The van der Waals surface area contributed by atoms with Gasteiger partial charge in [-0.3, -0.25) is 14.4 Å². The molecule has 0 spiro atoms. The zero-order valence-electron chi connectivity index (χ0n) is 23.3. The Kier molecular flexibility index (Phi) is 9.19. The standard InChI is InChI=1S/C32H33N3O5S/c1-4-35(5-2)32(38)29(31(37)34-41(39,40)28-18-15-24-10-6-7-11-25(24)21-28)20-23-13-16-27(17-14-23)33-30(36)26-12-8-9-22(3)19-26/h6-19,21,29H,4-5,20H2,1-3H3,(H,33,36)(H,34,37). The monoisotopic (exact) mass is 571 g/mol. The van der Waals surface area contributed by atoms with Crippen molar-refractivity contribution in [2.75, 3.05) is 18.4 Å². The molecule has 4 aromatic rings. The van der Waals surface area contributed by atoms with E-state index in [1.165, 1.54) is 17.0 Å². The number of fused-ring (bicyclic) bond motifs is 1. The number of carbonyl (C=O) groups excluding carboxylic acids is 3. The van der Waals surface area contributed by atoms with Gasteiger partial charge in [-0.05, 0) is 79.9 Å². The third-order valence-electron chi connectivity index (χ3n) is 6.89. The normalized spacial score (nSPS) is 12.0. The number of hydrogen-bond acceptors (Lipinski definition) is 5. The van der Waals surface area contributed by atoms with Crippen molar-refractivity contribution in [3.8, 4) is 0 Å². The van der Waals surface area contributed by atoms with Gasteiger partial charge in [-0.15, -0.1) is 0 Å². The molecule has 0 radical (unpaired) electrons. The number of amides is 3. The van der Waals surface area contributed by atoms with Crippen molar-refractivity contribution in [1.82, 2.24) is 9.62 Å². The number of aryl methyl sites for hydroxylation is 1. The maximum atomic E-state index is 13.4. The van der Waals surface area contributed by atoms with E-state index in [0.717, 1.165) is 10.9 Å². The fraction of sp³-hybridized carbons (Fsp3) is 0.219. The molecule has 0 heterocycles. The molecule has 212 valence electrons. The SMILES string of the molecule is CCN(CC)C(=O)C(Cc1ccc(NC(=O)c2cccc(C)c2)cc1)C(=O)NS(=O)(=O)c1ccc2ccccc2c1. The average molecular weight is 572 g/mol. The van der Waals surface area contributed by atoms with Crippen LogP contribution < -0.4 is 10.0 Å². The lowest BCUT2D eigenvalue weighted by Crippen LogP contribution is -2.46. The van der Waals surface area contributed by atoms with Crippen molar-refractivity contribution in [1.29, 1.82) is 0 Å². The van der Waals surface area contributed by atoms with Gasteiger partial charge in [0.15, 0.2) is 0 Å². The Hall–Kier alpha value is -4.50. The minimum Gasteiger partial charge on any atom is -0.343 e. The summed E-state index contributed by atoms with van der Waals surface area (Å²) in [6, 6.07) is 25.9. The van der Waals surface area contributed by atoms with E-state index < -0.39 is 27.8 Å². The van der Waals surface area contributed by atoms with E-state index in [1.54, 1.807) is 68.4 Å². The van der Waals surface area contributed by atoms with Gasteiger partial charge in [0.25, 0.3) is 15.9 Å². The molecule has 0 aliphatic rings. The van der Waals surface area contributed by atoms with Crippen molar-refractivity contribution in [2.45, 2.75) is 32.1 Å². The van der Waals surface area contributed by atoms with Gasteiger partial charge < -0.3 is 10.2 Å². The van der Waals surface area contributed by atoms with Crippen LogP contribution in [0.1, 0.15) is 35.3 Å². The third kappa shape index (κ3) is 7.18. The lowest BCUT2D eigenvalue weighted by Gasteiger charge is -2.25. The summed E-state index contributed by atoms with van der Waals surface area (Å²) in [7, 11) is -4.23. The Morgan fingerprint density at radius 1 is 0.805 bits per heavy atom. The zero-order chi connectivity index (χ0) is 29.6. The Balaban J connectivity index is 1.53. The largest absolute Gasteiger partial charge is 0.343 e. The summed E-state index contributed by atoms with van der Waals surface area (Å²) in [5.41, 5.74) is 2.69. The van der Waals surface area contributed by atoms with E-state index in [4.69, 9.17) is 0 Å². The van der Waals surface area contributed by atoms with Crippen molar-refractivity contribution < 1.29 is 22.8 Å². The fourth-order valence-electron chi connectivity index (χ4n) is 4.59. The van der Waals surface area contributed by atoms with E-state index in [-0.39, 0.29) is 17.2 Å². The molecule has 0 fully saturated rings. The van der Waals surface area contributed by atoms with Gasteiger partial charge in [0.05, 0.1) is 4.90 Å². The molecular formula is C32H33N3O5S. The van der Waals surface area contributed by atoms with Crippen LogP contribution in [0, 0.1) is 12.8 Å². The molecule has 41 heavy (non-hydrogen) atoms. The number of hydrogen-bond donors (Lipinski definition) is 2. The number of benzene rings is 4. The molecular weight excluding hydrogens is 538 g/mol. The molecule has 0 aliphatic heterocycles. The Morgan fingerprint density at radius 2 is 1.49 bits per heavy atom. The molecule has 0 saturated carbocycles. The van der Waals surface area contributed by atoms with Crippen LogP contribution in [-0.4, -0.2) is 44.1 Å². The summed E-state index contributed by atoms with van der Waals surface area (Å²) in [6.45, 7) is 6.26. The van der Waals surface area contributed by atoms with E-state index in [9.17, 15) is 22.8 Å². The molecule has 1 unspecified atom stereocenters. The minimum atomic E-state index is -4.23. The molecule has 0 aliphatic carbocycles. The molecule has 0 aromatic heterocycles. The predicted molar refractivity (Wildman–Crippen MR) is 160 cm³/mol. The highest BCUT2D eigenvalue weighted by molar-refractivity contribution is 7.90. The first-order valence-electron chi connectivity index (χ1n) is 13.4. The smallest absolute Gasteiger partial charge is 0.264 e. The average Bonchev–Trinajstić information content (AvgIpc) is 2.96. The second-order valence-corrected chi connectivity index (χ2v) is 11.4. The highest BCUT2D eigenvalue weighted by atomic mass is 32.2. The quantitative estimate of drug-likeness (QED) is 0.262. The summed E-state index contributed by atoms with van der Waals surface area (Å²) in [6.07, 6.45) is -0.0134. The number of nitrogens with zero attached hydrogens (tertiary/aromatic N) is 1. The van der Waals surface area contributed by atoms with Crippen LogP contribution in [0.25, 0.3) is 10.8 Å². The molecule has 9 heteroatoms. The van der Waals surface area contributed by atoms with Gasteiger partial charge >= 0.3 is 0 Å². The van der Waals surface area contributed by atoms with Gasteiger partial charge in [0, 0.05) is 24.3 Å². The molecule has 3 amide bonds. The zero-order valence-corrected chi connectivity index (χ0v) is 24.1. The van der Waals surface area contributed by atoms with Crippen LogP contribution in [0.15, 0.2) is 95.9 Å². The maximum absolute atomic E-state index is 13.4. The summed E-state index contributed by atoms with van der Waals surface area (Å²) >= 11 is 0. The van der Waals surface area contributed by atoms with Crippen molar-refractivity contribution in [3.05, 3.63) is 108 Å². The van der Waals surface area contributed by atoms with Gasteiger partial charge in [-0.2, -0.15) is 0 Å². The Bertz CT molecular complexity index is 1680. The van der Waals surface area contributed by atoms with E-state index in [0.29, 0.717) is 35.3 Å². The van der Waals surface area contributed by atoms with Gasteiger partial charge in [0.1, 0.15) is 5.92 Å². The van der Waals surface area contributed by atoms with Crippen molar-refractivity contribution in [3.63, 3.8) is 0 Å². The Morgan fingerprint density at radius 3 is 2.15 bits per heavy atom. The highest BCUT2D eigenvalue weighted by Crippen LogP contribution is 2.21. The van der Waals surface area contributed by atoms with Crippen molar-refractivity contribution in [2.24, 2.45) is 5.92 Å². The first-order chi connectivity index (χ1) is 19.6. The van der Waals surface area contributed by atoms with E-state index >= 15 is 0 Å². The van der Waals surface area contributed by atoms with Gasteiger partial charge in [-0.25, -0.2) is 13.1 Å². The number of nitrogens with one attached hydrogen (secondary N) is 2. The Labute approximate surface area is 240 Å². The fourth-order valence-corrected chi connectivity index (χ4v) is 5.65. The van der Waals surface area contributed by atoms with Gasteiger partial charge in [-0.1, -0.05) is 60.2 Å². The molecule has 4 rings (SSSR count). The van der Waals surface area contributed by atoms with Crippen LogP contribution in [-0.2, 0) is 26.0 Å². The number of rotatable bonds is 10. The maximum Gasteiger partial charge on any atom is 0.264 e. The molecule has 0 saturated heterocycles. The number of carbonyl (C=O) groups is 3. The van der Waals surface area contributed by atoms with Crippen molar-refractivity contribution >= 4 is 44.2 Å². The second kappa shape index (κ2) is 12.8. The number of sulfonamides is 1. The van der Waals surface area contributed by atoms with Crippen LogP contribution in [0.2, 0.25) is 0 Å². The van der Waals surface area contributed by atoms with Crippen LogP contribution in [0.5, 0.6) is 0 Å². The first kappa shape index (κ1) is 29.5. The highest BCUT2D eigenvalue weighted by Gasteiger charge is 2.33. The number of anilines is 1. The topological polar surface area (TPSA) is 113 Å². The summed E-state index contributed by atoms with van der Waals surface area (Å²) in [5.74, 6) is -2.88. The summed E-state index contributed by atoms with van der Waals surface area (Å²) in [5, 5.41) is 4.42. The summed E-state index contributed by atoms with van der Waals surface area (Å²) in [4.78, 5) is 40.8. The molecule has 8 nitrogen and oxygen atoms in total. The van der Waals surface area contributed by atoms with Crippen LogP contribution in [0.3, 0.4) is 0 Å². The molecule has 4 aromatic carbocycles. The van der Waals surface area contributed by atoms with E-state index in [2.05, 4.69) is 10.0 Å². The minimum absolute atomic E-state index is 0.0134. The van der Waals surface area contributed by atoms with Crippen LogP contribution >= 0.6 is 0 Å². The lowest BCUT2D eigenvalue weighted by molar-refractivity contribution is -0.141. The molecule has 0 bridgehead atoms. The van der Waals surface area contributed by atoms with E-state index in [1.807, 2.05) is 31.2 Å². The third-order valence-corrected chi connectivity index (χ3v) is 8.23. The molecule has 1 atom stereocenters. The lowest BCUT2D eigenvalue weighted by atomic mass is 9.97. The first-order valence-corrected chi connectivity index (χ1v) is 14.9. The van der Waals surface area contributed by atoms with Gasteiger partial charge in [0.2, 0.25) is 11.8 Å². The van der Waals surface area contributed by atoms with Crippen LogP contribution in [0.4, 0.5) is 5.69 Å². The predicted octanol–water partition coefficient (Wildman–Crippen LogP) is 4.93.